The lowest BCUT2D eigenvalue weighted by atomic mass is 10.1. The van der Waals surface area contributed by atoms with Gasteiger partial charge in [-0.25, -0.2) is 0 Å². The molecule has 0 spiro atoms. The zero-order valence-corrected chi connectivity index (χ0v) is 24.1. The molecular weight excluding hydrogens is 480 g/mol. The molecule has 3 unspecified atom stereocenters. The first-order valence-corrected chi connectivity index (χ1v) is 16.3. The number of rotatable bonds is 27. The Morgan fingerprint density at radius 2 is 1.51 bits per heavy atom. The highest BCUT2D eigenvalue weighted by Crippen LogP contribution is 2.24. The summed E-state index contributed by atoms with van der Waals surface area (Å²) in [5, 5.41) is 3.71. The maximum atomic E-state index is 12.4. The molecule has 0 saturated carbocycles. The summed E-state index contributed by atoms with van der Waals surface area (Å²) in [7, 11) is 5.54. The van der Waals surface area contributed by atoms with Gasteiger partial charge in [0.25, 0.3) is 0 Å². The topological polar surface area (TPSA) is 93.5 Å². The number of ether oxygens (including phenoxy) is 2. The Hall–Kier alpha value is -0.455. The first kappa shape index (κ1) is 34.5. The number of azide groups is 1. The van der Waals surface area contributed by atoms with Crippen LogP contribution in [0.15, 0.2) is 5.11 Å². The van der Waals surface area contributed by atoms with Crippen molar-refractivity contribution in [2.45, 2.75) is 135 Å². The minimum absolute atomic E-state index is 0.0912. The van der Waals surface area contributed by atoms with Gasteiger partial charge in [-0.2, -0.15) is 0 Å². The van der Waals surface area contributed by atoms with E-state index in [1.807, 2.05) is 0 Å². The summed E-state index contributed by atoms with van der Waals surface area (Å²) in [6, 6.07) is -0.398. The summed E-state index contributed by atoms with van der Waals surface area (Å²) in [4.78, 5) is 15.3. The molecule has 35 heavy (non-hydrogen) atoms. The molecule has 0 aromatic heterocycles. The summed E-state index contributed by atoms with van der Waals surface area (Å²) in [5.41, 5.74) is 8.72. The third-order valence-electron chi connectivity index (χ3n) is 5.89. The second-order valence-corrected chi connectivity index (χ2v) is 10.9. The van der Waals surface area contributed by atoms with Crippen LogP contribution in [0.5, 0.6) is 0 Å². The number of unbranched alkanes of at least 4 members (excludes halogenated alkanes) is 12. The van der Waals surface area contributed by atoms with Crippen molar-refractivity contribution >= 4 is 32.9 Å². The molecule has 0 amide bonds. The second-order valence-electron chi connectivity index (χ2n) is 9.10. The van der Waals surface area contributed by atoms with Crippen molar-refractivity contribution in [1.29, 1.82) is 0 Å². The largest absolute Gasteiger partial charge is 0.462 e. The van der Waals surface area contributed by atoms with Crippen molar-refractivity contribution in [2.75, 3.05) is 19.8 Å². The summed E-state index contributed by atoms with van der Waals surface area (Å²) in [5.74, 6) is -0.0912. The van der Waals surface area contributed by atoms with Crippen molar-refractivity contribution in [1.82, 2.24) is 0 Å². The van der Waals surface area contributed by atoms with Crippen LogP contribution in [0, 0.1) is 0 Å². The number of hydrogen-bond donors (Lipinski definition) is 0. The van der Waals surface area contributed by atoms with E-state index < -0.39 is 6.04 Å². The van der Waals surface area contributed by atoms with Crippen LogP contribution in [-0.4, -0.2) is 45.5 Å². The number of carbonyl (C=O) groups excluding carboxylic acids is 1. The second kappa shape index (κ2) is 28.1. The Labute approximate surface area is 221 Å². The highest BCUT2D eigenvalue weighted by Gasteiger charge is 2.15. The number of carbonyl (C=O) groups is 1. The van der Waals surface area contributed by atoms with E-state index in [0.717, 1.165) is 43.8 Å². The molecule has 10 heteroatoms. The van der Waals surface area contributed by atoms with Crippen LogP contribution in [0.25, 0.3) is 10.4 Å². The van der Waals surface area contributed by atoms with Gasteiger partial charge in [-0.15, -0.1) is 0 Å². The standard InChI is InChI=1S/C25H49BN3O4PS/c1-3-5-7-9-10-11-12-14-16-18-25(30)33-24(17-15-13-8-6-4-2)19-20-31-21-23(28-29-27)22-32-35-34-26/h23-24,34H,3-22H2,1-2H3. The van der Waals surface area contributed by atoms with Gasteiger partial charge in [-0.3, -0.25) is 4.79 Å². The molecule has 0 aliphatic heterocycles. The van der Waals surface area contributed by atoms with Crippen molar-refractivity contribution < 1.29 is 18.5 Å². The van der Waals surface area contributed by atoms with Crippen molar-refractivity contribution in [3.8, 4) is 0 Å². The predicted octanol–water partition coefficient (Wildman–Crippen LogP) is 8.61. The summed E-state index contributed by atoms with van der Waals surface area (Å²) in [6.45, 7) is 5.43. The van der Waals surface area contributed by atoms with Crippen LogP contribution in [0.1, 0.15) is 123 Å². The fraction of sp³-hybridized carbons (Fsp3) is 0.960. The van der Waals surface area contributed by atoms with Gasteiger partial charge in [0.15, 0.2) is 0 Å². The third-order valence-corrected chi connectivity index (χ3v) is 6.88. The Balaban J connectivity index is 4.24. The normalized spacial score (nSPS) is 13.1. The smallest absolute Gasteiger partial charge is 0.306 e. The van der Waals surface area contributed by atoms with E-state index >= 15 is 0 Å². The summed E-state index contributed by atoms with van der Waals surface area (Å²) < 4.78 is 16.8. The van der Waals surface area contributed by atoms with E-state index in [9.17, 15) is 4.79 Å². The highest BCUT2D eigenvalue weighted by atomic mass is 32.7. The molecule has 3 atom stereocenters. The van der Waals surface area contributed by atoms with E-state index in [4.69, 9.17) is 26.8 Å². The van der Waals surface area contributed by atoms with Gasteiger partial charge >= 0.3 is 5.97 Å². The molecule has 0 saturated heterocycles. The molecule has 202 valence electrons. The van der Waals surface area contributed by atoms with Gasteiger partial charge in [-0.1, -0.05) is 104 Å². The zero-order chi connectivity index (χ0) is 25.8. The maximum Gasteiger partial charge on any atom is 0.306 e. The zero-order valence-electron chi connectivity index (χ0n) is 22.3. The summed E-state index contributed by atoms with van der Waals surface area (Å²) >= 11 is 1.15. The summed E-state index contributed by atoms with van der Waals surface area (Å²) in [6.07, 6.45) is 18.9. The molecule has 0 aliphatic rings. The van der Waals surface area contributed by atoms with E-state index in [0.29, 0.717) is 19.4 Å². The molecule has 0 aliphatic carbocycles. The average molecular weight is 530 g/mol. The molecule has 0 heterocycles. The number of hydrogen-bond acceptors (Lipinski definition) is 6. The van der Waals surface area contributed by atoms with Crippen molar-refractivity contribution in [3.05, 3.63) is 10.4 Å². The van der Waals surface area contributed by atoms with Crippen LogP contribution >= 0.6 is 19.3 Å². The monoisotopic (exact) mass is 529 g/mol. The molecule has 0 aromatic carbocycles. The van der Waals surface area contributed by atoms with Gasteiger partial charge < -0.3 is 13.7 Å². The number of esters is 1. The van der Waals surface area contributed by atoms with E-state index in [1.165, 1.54) is 64.2 Å². The molecule has 0 N–H and O–H groups in total. The lowest BCUT2D eigenvalue weighted by Gasteiger charge is -2.19. The molecule has 0 fully saturated rings. The highest BCUT2D eigenvalue weighted by molar-refractivity contribution is 8.53. The minimum Gasteiger partial charge on any atom is -0.462 e. The molecule has 7 nitrogen and oxygen atoms in total. The van der Waals surface area contributed by atoms with Crippen LogP contribution < -0.4 is 0 Å². The van der Waals surface area contributed by atoms with Gasteiger partial charge in [-0.05, 0) is 24.8 Å². The van der Waals surface area contributed by atoms with Crippen LogP contribution in [0.3, 0.4) is 0 Å². The SMILES string of the molecule is [B]PSOCC(COCCC(CCCCCCC)OC(=O)CCCCCCCCCCC)N=[N+]=[N-]. The van der Waals surface area contributed by atoms with Crippen LogP contribution in [0.4, 0.5) is 0 Å². The van der Waals surface area contributed by atoms with Crippen LogP contribution in [0.2, 0.25) is 0 Å². The lowest BCUT2D eigenvalue weighted by molar-refractivity contribution is -0.150. The van der Waals surface area contributed by atoms with E-state index in [2.05, 4.69) is 23.9 Å². The lowest BCUT2D eigenvalue weighted by Crippen LogP contribution is -2.23. The Morgan fingerprint density at radius 1 is 0.914 bits per heavy atom. The first-order chi connectivity index (χ1) is 17.2. The van der Waals surface area contributed by atoms with Crippen LogP contribution in [-0.2, 0) is 18.5 Å². The third kappa shape index (κ3) is 25.0. The maximum absolute atomic E-state index is 12.4. The minimum atomic E-state index is -0.398. The van der Waals surface area contributed by atoms with Gasteiger partial charge in [0, 0.05) is 29.4 Å². The molecule has 0 bridgehead atoms. The quantitative estimate of drug-likeness (QED) is 0.0155. The predicted molar refractivity (Wildman–Crippen MR) is 151 cm³/mol. The Bertz CT molecular complexity index is 531. The van der Waals surface area contributed by atoms with Gasteiger partial charge in [0.05, 0.1) is 25.9 Å². The molecule has 0 aromatic rings. The van der Waals surface area contributed by atoms with Crippen molar-refractivity contribution in [2.24, 2.45) is 5.11 Å². The molecule has 2 radical (unpaired) electrons. The Kier molecular flexibility index (Phi) is 27.8. The molecular formula is C25H49BN3O4PS. The fourth-order valence-electron chi connectivity index (χ4n) is 3.83. The molecule has 0 rings (SSSR count). The number of nitrogens with zero attached hydrogens (tertiary/aromatic N) is 3. The average Bonchev–Trinajstić information content (AvgIpc) is 2.85. The van der Waals surface area contributed by atoms with Gasteiger partial charge in [0.2, 0.25) is 0 Å². The van der Waals surface area contributed by atoms with Gasteiger partial charge in [0.1, 0.15) is 13.7 Å². The van der Waals surface area contributed by atoms with E-state index in [1.54, 1.807) is 0 Å². The van der Waals surface area contributed by atoms with E-state index in [-0.39, 0.29) is 32.9 Å². The Morgan fingerprint density at radius 3 is 2.11 bits per heavy atom. The first-order valence-electron chi connectivity index (χ1n) is 13.7. The fourth-order valence-corrected chi connectivity index (χ4v) is 4.53. The van der Waals surface area contributed by atoms with Crippen molar-refractivity contribution in [3.63, 3.8) is 0 Å².